The van der Waals surface area contributed by atoms with Gasteiger partial charge in [-0.15, -0.1) is 0 Å². The van der Waals surface area contributed by atoms with Crippen LogP contribution in [0.15, 0.2) is 24.4 Å². The van der Waals surface area contributed by atoms with E-state index in [2.05, 4.69) is 35.5 Å². The number of hydrogen-bond donors (Lipinski definition) is 1. The maximum absolute atomic E-state index is 12.5. The lowest BCUT2D eigenvalue weighted by molar-refractivity contribution is 0.0935. The zero-order chi connectivity index (χ0) is 16.4. The molecule has 0 fully saturated rings. The van der Waals surface area contributed by atoms with Gasteiger partial charge in [-0.2, -0.15) is 5.10 Å². The first-order chi connectivity index (χ1) is 11.1. The maximum atomic E-state index is 12.5. The highest BCUT2D eigenvalue weighted by atomic mass is 16.1. The van der Waals surface area contributed by atoms with Crippen molar-refractivity contribution in [3.63, 3.8) is 0 Å². The first kappa shape index (κ1) is 15.8. The molecule has 3 rings (SSSR count). The average Bonchev–Trinajstić information content (AvgIpc) is 2.90. The van der Waals surface area contributed by atoms with Crippen molar-refractivity contribution in [3.05, 3.63) is 52.3 Å². The first-order valence-corrected chi connectivity index (χ1v) is 8.51. The second kappa shape index (κ2) is 6.57. The van der Waals surface area contributed by atoms with E-state index in [4.69, 9.17) is 0 Å². The SMILES string of the molecule is CCC(NC(=O)c1cn(C)nc1C)c1ccc2c(c1)CCCC2. The van der Waals surface area contributed by atoms with E-state index in [1.807, 2.05) is 14.0 Å². The molecule has 0 saturated heterocycles. The molecule has 1 aliphatic rings. The molecule has 1 aromatic carbocycles. The van der Waals surface area contributed by atoms with Gasteiger partial charge in [-0.1, -0.05) is 25.1 Å². The van der Waals surface area contributed by atoms with Crippen molar-refractivity contribution in [2.24, 2.45) is 7.05 Å². The predicted octanol–water partition coefficient (Wildman–Crippen LogP) is 3.49. The van der Waals surface area contributed by atoms with Crippen molar-refractivity contribution in [3.8, 4) is 0 Å². The van der Waals surface area contributed by atoms with E-state index in [0.29, 0.717) is 5.56 Å². The number of fused-ring (bicyclic) bond motifs is 1. The van der Waals surface area contributed by atoms with E-state index in [0.717, 1.165) is 18.5 Å². The van der Waals surface area contributed by atoms with Gasteiger partial charge in [-0.05, 0) is 55.7 Å². The maximum Gasteiger partial charge on any atom is 0.255 e. The number of nitrogens with zero attached hydrogens (tertiary/aromatic N) is 2. The van der Waals surface area contributed by atoms with E-state index in [1.165, 1.54) is 36.0 Å². The van der Waals surface area contributed by atoms with Crippen molar-refractivity contribution < 1.29 is 4.79 Å². The van der Waals surface area contributed by atoms with Crippen LogP contribution in [0.4, 0.5) is 0 Å². The van der Waals surface area contributed by atoms with Crippen LogP contribution in [0.1, 0.15) is 65.0 Å². The number of amides is 1. The molecule has 122 valence electrons. The smallest absolute Gasteiger partial charge is 0.255 e. The molecule has 0 spiro atoms. The number of benzene rings is 1. The van der Waals surface area contributed by atoms with Gasteiger partial charge in [0.1, 0.15) is 0 Å². The highest BCUT2D eigenvalue weighted by molar-refractivity contribution is 5.95. The van der Waals surface area contributed by atoms with Crippen LogP contribution in [0.3, 0.4) is 0 Å². The number of carbonyl (C=O) groups excluding carboxylic acids is 1. The molecule has 1 aromatic heterocycles. The van der Waals surface area contributed by atoms with E-state index in [9.17, 15) is 4.79 Å². The van der Waals surface area contributed by atoms with Crippen LogP contribution >= 0.6 is 0 Å². The Morgan fingerprint density at radius 2 is 2.04 bits per heavy atom. The summed E-state index contributed by atoms with van der Waals surface area (Å²) in [5.41, 5.74) is 5.57. The number of hydrogen-bond acceptors (Lipinski definition) is 2. The van der Waals surface area contributed by atoms with E-state index in [-0.39, 0.29) is 11.9 Å². The first-order valence-electron chi connectivity index (χ1n) is 8.51. The Morgan fingerprint density at radius 3 is 2.70 bits per heavy atom. The van der Waals surface area contributed by atoms with Crippen LogP contribution in [0, 0.1) is 6.92 Å². The quantitative estimate of drug-likeness (QED) is 0.939. The zero-order valence-electron chi connectivity index (χ0n) is 14.2. The molecule has 23 heavy (non-hydrogen) atoms. The normalized spacial score (nSPS) is 15.1. The highest BCUT2D eigenvalue weighted by Crippen LogP contribution is 2.26. The molecule has 0 bridgehead atoms. The van der Waals surface area contributed by atoms with Gasteiger partial charge < -0.3 is 5.32 Å². The monoisotopic (exact) mass is 311 g/mol. The molecule has 0 aliphatic heterocycles. The third-order valence-corrected chi connectivity index (χ3v) is 4.75. The Hall–Kier alpha value is -2.10. The molecule has 1 heterocycles. The molecule has 1 atom stereocenters. The fourth-order valence-electron chi connectivity index (χ4n) is 3.45. The zero-order valence-corrected chi connectivity index (χ0v) is 14.2. The standard InChI is InChI=1S/C19H25N3O/c1-4-18(20-19(23)17-12-22(3)21-13(17)2)16-10-9-14-7-5-6-8-15(14)11-16/h9-12,18H,4-8H2,1-3H3,(H,20,23). The number of aryl methyl sites for hydroxylation is 4. The second-order valence-corrected chi connectivity index (χ2v) is 6.47. The molecule has 2 aromatic rings. The lowest BCUT2D eigenvalue weighted by Gasteiger charge is -2.21. The molecule has 4 nitrogen and oxygen atoms in total. The van der Waals surface area contributed by atoms with Crippen molar-refractivity contribution in [2.45, 2.75) is 52.0 Å². The summed E-state index contributed by atoms with van der Waals surface area (Å²) >= 11 is 0. The number of nitrogens with one attached hydrogen (secondary N) is 1. The molecule has 0 radical (unpaired) electrons. The Balaban J connectivity index is 1.80. The van der Waals surface area contributed by atoms with Crippen LogP contribution in [0.5, 0.6) is 0 Å². The minimum absolute atomic E-state index is 0.0415. The largest absolute Gasteiger partial charge is 0.345 e. The van der Waals surface area contributed by atoms with Gasteiger partial charge in [0.15, 0.2) is 0 Å². The predicted molar refractivity (Wildman–Crippen MR) is 91.5 cm³/mol. The van der Waals surface area contributed by atoms with Gasteiger partial charge in [0.25, 0.3) is 5.91 Å². The van der Waals surface area contributed by atoms with Crippen molar-refractivity contribution in [1.29, 1.82) is 0 Å². The minimum atomic E-state index is -0.0415. The van der Waals surface area contributed by atoms with Crippen molar-refractivity contribution in [1.82, 2.24) is 15.1 Å². The summed E-state index contributed by atoms with van der Waals surface area (Å²) in [6.45, 7) is 3.98. The molecule has 0 saturated carbocycles. The average molecular weight is 311 g/mol. The summed E-state index contributed by atoms with van der Waals surface area (Å²) < 4.78 is 1.68. The molecule has 4 heteroatoms. The number of rotatable bonds is 4. The third-order valence-electron chi connectivity index (χ3n) is 4.75. The van der Waals surface area contributed by atoms with Gasteiger partial charge in [-0.3, -0.25) is 9.48 Å². The van der Waals surface area contributed by atoms with Gasteiger partial charge >= 0.3 is 0 Å². The van der Waals surface area contributed by atoms with Gasteiger partial charge in [-0.25, -0.2) is 0 Å². The van der Waals surface area contributed by atoms with E-state index >= 15 is 0 Å². The Bertz CT molecular complexity index is 717. The highest BCUT2D eigenvalue weighted by Gasteiger charge is 2.19. The van der Waals surface area contributed by atoms with Crippen molar-refractivity contribution >= 4 is 5.91 Å². The summed E-state index contributed by atoms with van der Waals surface area (Å²) in [4.78, 5) is 12.5. The van der Waals surface area contributed by atoms with Crippen LogP contribution < -0.4 is 5.32 Å². The minimum Gasteiger partial charge on any atom is -0.345 e. The van der Waals surface area contributed by atoms with Gasteiger partial charge in [0, 0.05) is 13.2 Å². The fourth-order valence-corrected chi connectivity index (χ4v) is 3.45. The van der Waals surface area contributed by atoms with Gasteiger partial charge in [0.2, 0.25) is 0 Å². The van der Waals surface area contributed by atoms with Crippen molar-refractivity contribution in [2.75, 3.05) is 0 Å². The lowest BCUT2D eigenvalue weighted by Crippen LogP contribution is -2.28. The number of carbonyl (C=O) groups is 1. The van der Waals surface area contributed by atoms with E-state index < -0.39 is 0 Å². The van der Waals surface area contributed by atoms with Crippen LogP contribution in [-0.4, -0.2) is 15.7 Å². The molecular formula is C19H25N3O. The molecule has 1 amide bonds. The lowest BCUT2D eigenvalue weighted by atomic mass is 9.88. The molecule has 1 unspecified atom stereocenters. The second-order valence-electron chi connectivity index (χ2n) is 6.47. The Labute approximate surface area is 137 Å². The van der Waals surface area contributed by atoms with Crippen LogP contribution in [0.25, 0.3) is 0 Å². The third kappa shape index (κ3) is 3.31. The van der Waals surface area contributed by atoms with Crippen LogP contribution in [-0.2, 0) is 19.9 Å². The summed E-state index contributed by atoms with van der Waals surface area (Å²) in [6.07, 6.45) is 7.58. The van der Waals surface area contributed by atoms with E-state index in [1.54, 1.807) is 10.9 Å². The summed E-state index contributed by atoms with van der Waals surface area (Å²) in [7, 11) is 1.84. The molecule has 1 N–H and O–H groups in total. The Kier molecular flexibility index (Phi) is 4.51. The molecule has 1 aliphatic carbocycles. The van der Waals surface area contributed by atoms with Crippen LogP contribution in [0.2, 0.25) is 0 Å². The summed E-state index contributed by atoms with van der Waals surface area (Å²) in [5, 5.41) is 7.42. The summed E-state index contributed by atoms with van der Waals surface area (Å²) in [6, 6.07) is 6.76. The number of aromatic nitrogens is 2. The topological polar surface area (TPSA) is 46.9 Å². The Morgan fingerprint density at radius 1 is 1.30 bits per heavy atom. The van der Waals surface area contributed by atoms with Gasteiger partial charge in [0.05, 0.1) is 17.3 Å². The summed E-state index contributed by atoms with van der Waals surface area (Å²) in [5.74, 6) is -0.0415. The molecular weight excluding hydrogens is 286 g/mol. The fraction of sp³-hybridized carbons (Fsp3) is 0.474.